The molecule has 0 bridgehead atoms. The van der Waals surface area contributed by atoms with Gasteiger partial charge in [-0.3, -0.25) is 0 Å². The summed E-state index contributed by atoms with van der Waals surface area (Å²) in [4.78, 5) is 0. The van der Waals surface area contributed by atoms with E-state index in [9.17, 15) is 0 Å². The maximum absolute atomic E-state index is 8.05. The molecule has 94 valence electrons. The summed E-state index contributed by atoms with van der Waals surface area (Å²) in [5.74, 6) is 1.31. The minimum atomic E-state index is 0.0903. The lowest BCUT2D eigenvalue weighted by Crippen LogP contribution is -2.13. The first-order valence-electron chi connectivity index (χ1n) is 8.70. The molecule has 0 N–H and O–H groups in total. The summed E-state index contributed by atoms with van der Waals surface area (Å²) in [6.45, 7) is 2.25. The highest BCUT2D eigenvalue weighted by atomic mass is 14.3. The van der Waals surface area contributed by atoms with E-state index in [0.717, 1.165) is 24.3 Å². The van der Waals surface area contributed by atoms with Crippen LogP contribution >= 0.6 is 0 Å². The van der Waals surface area contributed by atoms with Crippen LogP contribution < -0.4 is 0 Å². The van der Waals surface area contributed by atoms with Crippen molar-refractivity contribution in [1.82, 2.24) is 0 Å². The Labute approximate surface area is 111 Å². The predicted molar refractivity (Wildman–Crippen MR) is 75.3 cm³/mol. The lowest BCUT2D eigenvalue weighted by Gasteiger charge is -2.28. The van der Waals surface area contributed by atoms with Crippen LogP contribution in [0.4, 0.5) is 0 Å². The number of benzene rings is 1. The second kappa shape index (κ2) is 6.83. The molecule has 0 heteroatoms. The normalized spacial score (nSPS) is 27.2. The minimum Gasteiger partial charge on any atom is -0.0654 e. The van der Waals surface area contributed by atoms with Crippen LogP contribution in [-0.2, 0) is 0 Å². The van der Waals surface area contributed by atoms with Gasteiger partial charge < -0.3 is 0 Å². The third kappa shape index (κ3) is 3.87. The molecular weight excluding hydrogens is 204 g/mol. The first-order chi connectivity index (χ1) is 9.63. The first kappa shape index (κ1) is 9.19. The molecule has 1 fully saturated rings. The molecule has 1 aliphatic rings. The zero-order valence-corrected chi connectivity index (χ0v) is 11.0. The summed E-state index contributed by atoms with van der Waals surface area (Å²) in [6.07, 6.45) is 10.2. The van der Waals surface area contributed by atoms with Gasteiger partial charge in [-0.15, -0.1) is 0 Å². The van der Waals surface area contributed by atoms with Gasteiger partial charge in [-0.2, -0.15) is 0 Å². The van der Waals surface area contributed by atoms with E-state index in [0.29, 0.717) is 5.92 Å². The quantitative estimate of drug-likeness (QED) is 0.586. The lowest BCUT2D eigenvalue weighted by atomic mass is 9.77. The number of unbranched alkanes of at least 4 members (excludes halogenated alkanes) is 2. The Morgan fingerprint density at radius 2 is 2.00 bits per heavy atom. The molecule has 0 radical (unpaired) electrons. The van der Waals surface area contributed by atoms with Crippen molar-refractivity contribution in [2.24, 2.45) is 5.92 Å². The van der Waals surface area contributed by atoms with Crippen LogP contribution in [0, 0.1) is 5.92 Å². The smallest absolute Gasteiger partial charge is 0.0626 e. The highest BCUT2D eigenvalue weighted by Crippen LogP contribution is 2.37. The van der Waals surface area contributed by atoms with Gasteiger partial charge in [-0.25, -0.2) is 0 Å². The molecule has 0 aliphatic heterocycles. The lowest BCUT2D eigenvalue weighted by molar-refractivity contribution is 0.303. The average molecular weight is 233 g/mol. The molecule has 0 heterocycles. The van der Waals surface area contributed by atoms with Gasteiger partial charge in [0.25, 0.3) is 0 Å². The molecular formula is C17H26. The summed E-state index contributed by atoms with van der Waals surface area (Å²) >= 11 is 0. The Morgan fingerprint density at radius 1 is 1.18 bits per heavy atom. The van der Waals surface area contributed by atoms with Crippen LogP contribution in [0.3, 0.4) is 0 Å². The van der Waals surface area contributed by atoms with Crippen molar-refractivity contribution in [2.45, 2.75) is 64.2 Å². The summed E-state index contributed by atoms with van der Waals surface area (Å²) in [5, 5.41) is 0. The van der Waals surface area contributed by atoms with Crippen molar-refractivity contribution < 1.29 is 4.11 Å². The fraction of sp³-hybridized carbons (Fsp3) is 0.647. The van der Waals surface area contributed by atoms with Gasteiger partial charge in [0.05, 0.1) is 4.11 Å². The van der Waals surface area contributed by atoms with E-state index >= 15 is 0 Å². The van der Waals surface area contributed by atoms with Crippen molar-refractivity contribution in [2.75, 3.05) is 0 Å². The Morgan fingerprint density at radius 3 is 2.76 bits per heavy atom. The molecule has 1 saturated carbocycles. The van der Waals surface area contributed by atoms with Crippen LogP contribution in [0.15, 0.2) is 30.3 Å². The average Bonchev–Trinajstić information content (AvgIpc) is 2.46. The van der Waals surface area contributed by atoms with Crippen LogP contribution in [-0.4, -0.2) is 0 Å². The fourth-order valence-electron chi connectivity index (χ4n) is 3.01. The summed E-state index contributed by atoms with van der Waals surface area (Å²) in [6, 6.07) is 4.14. The SMILES string of the molecule is [2H]c1ccc(C2CCC(CCCCC)CC2)c([2H])c1[2H]. The van der Waals surface area contributed by atoms with Crippen molar-refractivity contribution in [3.8, 4) is 0 Å². The third-order valence-electron chi connectivity index (χ3n) is 4.13. The van der Waals surface area contributed by atoms with Gasteiger partial charge in [-0.05, 0) is 43.1 Å². The van der Waals surface area contributed by atoms with Gasteiger partial charge >= 0.3 is 0 Å². The Bertz CT molecular complexity index is 434. The summed E-state index contributed by atoms with van der Waals surface area (Å²) in [5.41, 5.74) is 0.998. The van der Waals surface area contributed by atoms with Crippen molar-refractivity contribution in [3.05, 3.63) is 35.8 Å². The molecule has 1 aromatic carbocycles. The van der Waals surface area contributed by atoms with Crippen molar-refractivity contribution >= 4 is 0 Å². The monoisotopic (exact) mass is 233 g/mol. The first-order valence-corrected chi connectivity index (χ1v) is 7.20. The molecule has 17 heavy (non-hydrogen) atoms. The van der Waals surface area contributed by atoms with E-state index in [2.05, 4.69) is 6.92 Å². The highest BCUT2D eigenvalue weighted by molar-refractivity contribution is 5.19. The molecule has 1 aliphatic carbocycles. The molecule has 0 unspecified atom stereocenters. The number of hydrogen-bond acceptors (Lipinski definition) is 0. The zero-order chi connectivity index (χ0) is 14.5. The van der Waals surface area contributed by atoms with Crippen LogP contribution in [0.2, 0.25) is 0 Å². The molecule has 2 rings (SSSR count). The second-order valence-electron chi connectivity index (χ2n) is 5.40. The maximum Gasteiger partial charge on any atom is 0.0626 e. The second-order valence-corrected chi connectivity index (χ2v) is 5.40. The Kier molecular flexibility index (Phi) is 3.69. The van der Waals surface area contributed by atoms with E-state index < -0.39 is 0 Å². The largest absolute Gasteiger partial charge is 0.0654 e. The van der Waals surface area contributed by atoms with Crippen molar-refractivity contribution in [3.63, 3.8) is 0 Å². The topological polar surface area (TPSA) is 0 Å². The van der Waals surface area contributed by atoms with Crippen LogP contribution in [0.1, 0.15) is 73.9 Å². The highest BCUT2D eigenvalue weighted by Gasteiger charge is 2.21. The van der Waals surface area contributed by atoms with Crippen LogP contribution in [0.25, 0.3) is 0 Å². The standard InChI is InChI=1S/C17H26/c1-2-3-5-8-15-11-13-17(14-12-15)16-9-6-4-7-10-16/h4,6-7,9-10,15,17H,2-3,5,8,11-14H2,1H3/i4D,6D,9D. The summed E-state index contributed by atoms with van der Waals surface area (Å²) < 4.78 is 23.4. The molecule has 0 amide bonds. The minimum absolute atomic E-state index is 0.0903. The molecule has 1 aromatic rings. The predicted octanol–water partition coefficient (Wildman–Crippen LogP) is 5.54. The molecule has 0 spiro atoms. The van der Waals surface area contributed by atoms with Gasteiger partial charge in [0.15, 0.2) is 0 Å². The van der Waals surface area contributed by atoms with E-state index in [1.54, 1.807) is 6.07 Å². The van der Waals surface area contributed by atoms with Gasteiger partial charge in [0, 0.05) is 0 Å². The maximum atomic E-state index is 8.05. The molecule has 0 nitrogen and oxygen atoms in total. The van der Waals surface area contributed by atoms with Gasteiger partial charge in [-0.1, -0.05) is 62.9 Å². The Balaban J connectivity index is 1.92. The number of hydrogen-bond donors (Lipinski definition) is 0. The molecule has 0 saturated heterocycles. The third-order valence-corrected chi connectivity index (χ3v) is 4.13. The molecule has 0 atom stereocenters. The van der Waals surface area contributed by atoms with E-state index in [-0.39, 0.29) is 18.1 Å². The van der Waals surface area contributed by atoms with Crippen LogP contribution in [0.5, 0.6) is 0 Å². The van der Waals surface area contributed by atoms with E-state index in [1.807, 2.05) is 6.07 Å². The summed E-state index contributed by atoms with van der Waals surface area (Å²) in [7, 11) is 0. The molecule has 0 aromatic heterocycles. The van der Waals surface area contributed by atoms with Gasteiger partial charge in [0.1, 0.15) is 0 Å². The van der Waals surface area contributed by atoms with E-state index in [1.165, 1.54) is 38.5 Å². The van der Waals surface area contributed by atoms with Crippen molar-refractivity contribution in [1.29, 1.82) is 0 Å². The number of rotatable bonds is 5. The Hall–Kier alpha value is -0.780. The van der Waals surface area contributed by atoms with E-state index in [4.69, 9.17) is 4.11 Å². The zero-order valence-electron chi connectivity index (χ0n) is 14.0. The fourth-order valence-corrected chi connectivity index (χ4v) is 3.01. The van der Waals surface area contributed by atoms with Gasteiger partial charge in [0.2, 0.25) is 0 Å².